The van der Waals surface area contributed by atoms with Crippen LogP contribution in [0.1, 0.15) is 25.6 Å². The SMILES string of the molecule is Cc1nc(CNc2cc(OC(C)C)cc([N+](=O)[O-])c2)no1. The lowest BCUT2D eigenvalue weighted by atomic mass is 10.2. The minimum atomic E-state index is -0.461. The van der Waals surface area contributed by atoms with Crippen LogP contribution in [-0.2, 0) is 6.54 Å². The lowest BCUT2D eigenvalue weighted by Crippen LogP contribution is -2.07. The number of aryl methyl sites for hydroxylation is 1. The van der Waals surface area contributed by atoms with Crippen molar-refractivity contribution in [3.63, 3.8) is 0 Å². The second-order valence-electron chi connectivity index (χ2n) is 4.72. The van der Waals surface area contributed by atoms with Crippen molar-refractivity contribution in [1.82, 2.24) is 10.1 Å². The summed E-state index contributed by atoms with van der Waals surface area (Å²) in [6.07, 6.45) is -0.0697. The summed E-state index contributed by atoms with van der Waals surface area (Å²) in [5.41, 5.74) is 0.516. The van der Waals surface area contributed by atoms with Crippen molar-refractivity contribution < 1.29 is 14.2 Å². The van der Waals surface area contributed by atoms with Gasteiger partial charge in [-0.25, -0.2) is 0 Å². The van der Waals surface area contributed by atoms with Crippen molar-refractivity contribution in [2.45, 2.75) is 33.4 Å². The van der Waals surface area contributed by atoms with Gasteiger partial charge >= 0.3 is 0 Å². The number of ether oxygens (including phenoxy) is 1. The van der Waals surface area contributed by atoms with Gasteiger partial charge in [0.25, 0.3) is 5.69 Å². The van der Waals surface area contributed by atoms with Gasteiger partial charge in [-0.2, -0.15) is 4.98 Å². The first kappa shape index (κ1) is 14.8. The van der Waals surface area contributed by atoms with Crippen molar-refractivity contribution in [3.05, 3.63) is 40.0 Å². The summed E-state index contributed by atoms with van der Waals surface area (Å²) in [4.78, 5) is 14.5. The number of aromatic nitrogens is 2. The van der Waals surface area contributed by atoms with Crippen molar-refractivity contribution in [3.8, 4) is 5.75 Å². The Bertz CT molecular complexity index is 639. The number of rotatable bonds is 6. The summed E-state index contributed by atoms with van der Waals surface area (Å²) in [5, 5.41) is 17.7. The highest BCUT2D eigenvalue weighted by Crippen LogP contribution is 2.27. The van der Waals surface area contributed by atoms with Crippen LogP contribution in [0.2, 0.25) is 0 Å². The number of hydrogen-bond donors (Lipinski definition) is 1. The molecule has 1 heterocycles. The second-order valence-corrected chi connectivity index (χ2v) is 4.72. The first-order valence-corrected chi connectivity index (χ1v) is 6.43. The molecule has 0 aliphatic carbocycles. The van der Waals surface area contributed by atoms with Gasteiger partial charge in [0.1, 0.15) is 5.75 Å². The van der Waals surface area contributed by atoms with Gasteiger partial charge in [-0.3, -0.25) is 10.1 Å². The minimum Gasteiger partial charge on any atom is -0.491 e. The molecule has 0 spiro atoms. The van der Waals surface area contributed by atoms with E-state index < -0.39 is 4.92 Å². The maximum atomic E-state index is 11.0. The molecule has 0 aliphatic heterocycles. The van der Waals surface area contributed by atoms with Crippen molar-refractivity contribution in [1.29, 1.82) is 0 Å². The topological polar surface area (TPSA) is 103 Å². The molecule has 0 fully saturated rings. The third-order valence-corrected chi connectivity index (χ3v) is 2.49. The van der Waals surface area contributed by atoms with Crippen LogP contribution in [0.5, 0.6) is 5.75 Å². The Morgan fingerprint density at radius 1 is 1.43 bits per heavy atom. The molecule has 0 saturated carbocycles. The van der Waals surface area contributed by atoms with E-state index in [0.717, 1.165) is 0 Å². The molecule has 0 bridgehead atoms. The molecule has 1 aromatic heterocycles. The van der Waals surface area contributed by atoms with E-state index in [1.165, 1.54) is 12.1 Å². The molecule has 2 rings (SSSR count). The molecule has 1 N–H and O–H groups in total. The fourth-order valence-electron chi connectivity index (χ4n) is 1.73. The molecule has 112 valence electrons. The van der Waals surface area contributed by atoms with Crippen LogP contribution in [0.3, 0.4) is 0 Å². The van der Waals surface area contributed by atoms with Crippen molar-refractivity contribution in [2.24, 2.45) is 0 Å². The molecule has 0 unspecified atom stereocenters. The predicted octanol–water partition coefficient (Wildman–Crippen LogP) is 2.69. The van der Waals surface area contributed by atoms with Crippen LogP contribution >= 0.6 is 0 Å². The van der Waals surface area contributed by atoms with E-state index in [4.69, 9.17) is 9.26 Å². The molecule has 0 atom stereocenters. The Hall–Kier alpha value is -2.64. The molecule has 21 heavy (non-hydrogen) atoms. The lowest BCUT2D eigenvalue weighted by Gasteiger charge is -2.11. The predicted molar refractivity (Wildman–Crippen MR) is 75.2 cm³/mol. The molecule has 0 radical (unpaired) electrons. The van der Waals surface area contributed by atoms with Crippen LogP contribution in [0.25, 0.3) is 0 Å². The van der Waals surface area contributed by atoms with E-state index in [1.54, 1.807) is 13.0 Å². The van der Waals surface area contributed by atoms with E-state index in [9.17, 15) is 10.1 Å². The fourth-order valence-corrected chi connectivity index (χ4v) is 1.73. The number of nitro groups is 1. The standard InChI is InChI=1S/C13H16N4O4/c1-8(2)20-12-5-10(4-11(6-12)17(18)19)14-7-13-15-9(3)21-16-13/h4-6,8,14H,7H2,1-3H3. The average molecular weight is 292 g/mol. The third kappa shape index (κ3) is 4.16. The summed E-state index contributed by atoms with van der Waals surface area (Å²) >= 11 is 0. The van der Waals surface area contributed by atoms with Gasteiger partial charge in [-0.15, -0.1) is 0 Å². The van der Waals surface area contributed by atoms with Crippen LogP contribution < -0.4 is 10.1 Å². The van der Waals surface area contributed by atoms with Gasteiger partial charge in [0, 0.05) is 24.7 Å². The Labute approximate surface area is 121 Å². The molecule has 0 aliphatic rings. The molecular formula is C13H16N4O4. The smallest absolute Gasteiger partial charge is 0.275 e. The lowest BCUT2D eigenvalue weighted by molar-refractivity contribution is -0.384. The van der Waals surface area contributed by atoms with E-state index in [2.05, 4.69) is 15.5 Å². The minimum absolute atomic E-state index is 0.0417. The summed E-state index contributed by atoms with van der Waals surface area (Å²) in [6, 6.07) is 4.52. The Balaban J connectivity index is 2.16. The van der Waals surface area contributed by atoms with Crippen molar-refractivity contribution >= 4 is 11.4 Å². The van der Waals surface area contributed by atoms with E-state index in [0.29, 0.717) is 29.7 Å². The fraction of sp³-hybridized carbons (Fsp3) is 0.385. The molecule has 8 nitrogen and oxygen atoms in total. The van der Waals surface area contributed by atoms with Gasteiger partial charge in [0.05, 0.1) is 23.6 Å². The van der Waals surface area contributed by atoms with Gasteiger partial charge in [0.2, 0.25) is 5.89 Å². The number of non-ortho nitro benzene ring substituents is 1. The zero-order chi connectivity index (χ0) is 15.4. The van der Waals surface area contributed by atoms with Crippen LogP contribution in [0.4, 0.5) is 11.4 Å². The maximum Gasteiger partial charge on any atom is 0.275 e. The largest absolute Gasteiger partial charge is 0.491 e. The number of hydrogen-bond acceptors (Lipinski definition) is 7. The van der Waals surface area contributed by atoms with Crippen molar-refractivity contribution in [2.75, 3.05) is 5.32 Å². The normalized spacial score (nSPS) is 10.7. The highest BCUT2D eigenvalue weighted by Gasteiger charge is 2.12. The van der Waals surface area contributed by atoms with Crippen LogP contribution in [-0.4, -0.2) is 21.2 Å². The van der Waals surface area contributed by atoms with E-state index in [-0.39, 0.29) is 11.8 Å². The van der Waals surface area contributed by atoms with Gasteiger partial charge < -0.3 is 14.6 Å². The van der Waals surface area contributed by atoms with E-state index in [1.807, 2.05) is 13.8 Å². The average Bonchev–Trinajstić information content (AvgIpc) is 2.81. The molecule has 8 heteroatoms. The Morgan fingerprint density at radius 3 is 2.76 bits per heavy atom. The number of nitro benzene ring substituents is 1. The number of benzene rings is 1. The summed E-state index contributed by atoms with van der Waals surface area (Å²) < 4.78 is 10.4. The van der Waals surface area contributed by atoms with Crippen LogP contribution in [0.15, 0.2) is 22.7 Å². The summed E-state index contributed by atoms with van der Waals surface area (Å²) in [5.74, 6) is 1.38. The highest BCUT2D eigenvalue weighted by atomic mass is 16.6. The second kappa shape index (κ2) is 6.21. The monoisotopic (exact) mass is 292 g/mol. The maximum absolute atomic E-state index is 11.0. The zero-order valence-electron chi connectivity index (χ0n) is 12.0. The first-order valence-electron chi connectivity index (χ1n) is 6.43. The molecule has 2 aromatic rings. The molecule has 1 aromatic carbocycles. The third-order valence-electron chi connectivity index (χ3n) is 2.49. The first-order chi connectivity index (χ1) is 9.94. The summed E-state index contributed by atoms with van der Waals surface area (Å²) in [6.45, 7) is 5.71. The molecule has 0 amide bonds. The Kier molecular flexibility index (Phi) is 4.36. The Morgan fingerprint density at radius 2 is 2.19 bits per heavy atom. The quantitative estimate of drug-likeness (QED) is 0.644. The van der Waals surface area contributed by atoms with Crippen LogP contribution in [0, 0.1) is 17.0 Å². The molecular weight excluding hydrogens is 276 g/mol. The van der Waals surface area contributed by atoms with E-state index >= 15 is 0 Å². The summed E-state index contributed by atoms with van der Waals surface area (Å²) in [7, 11) is 0. The highest BCUT2D eigenvalue weighted by molar-refractivity contribution is 5.56. The van der Waals surface area contributed by atoms with Gasteiger partial charge in [0.15, 0.2) is 5.82 Å². The van der Waals surface area contributed by atoms with Gasteiger partial charge in [-0.05, 0) is 13.8 Å². The molecule has 0 saturated heterocycles. The van der Waals surface area contributed by atoms with Gasteiger partial charge in [-0.1, -0.05) is 5.16 Å². The number of nitrogens with zero attached hydrogens (tertiary/aromatic N) is 3. The number of anilines is 1. The number of nitrogens with one attached hydrogen (secondary N) is 1. The zero-order valence-corrected chi connectivity index (χ0v) is 12.0.